The molecule has 0 aliphatic carbocycles. The lowest BCUT2D eigenvalue weighted by atomic mass is 10.2. The fraction of sp³-hybridized carbons (Fsp3) is 0.174. The first-order valence-corrected chi connectivity index (χ1v) is 10.6. The summed E-state index contributed by atoms with van der Waals surface area (Å²) in [5.41, 5.74) is 1.39. The zero-order chi connectivity index (χ0) is 23.7. The molecule has 11 nitrogen and oxygen atoms in total. The molecule has 11 heteroatoms. The Bertz CT molecular complexity index is 1560. The van der Waals surface area contributed by atoms with E-state index in [4.69, 9.17) is 4.84 Å². The summed E-state index contributed by atoms with van der Waals surface area (Å²) in [5, 5.41) is 22.3. The molecule has 5 rings (SSSR count). The molecule has 0 saturated carbocycles. The van der Waals surface area contributed by atoms with Gasteiger partial charge in [0.2, 0.25) is 12.0 Å². The van der Waals surface area contributed by atoms with E-state index in [1.165, 1.54) is 9.30 Å². The van der Waals surface area contributed by atoms with Gasteiger partial charge < -0.3 is 20.3 Å². The molecule has 34 heavy (non-hydrogen) atoms. The van der Waals surface area contributed by atoms with Gasteiger partial charge in [0.05, 0.1) is 23.7 Å². The van der Waals surface area contributed by atoms with Crippen molar-refractivity contribution >= 4 is 44.8 Å². The highest BCUT2D eigenvalue weighted by Crippen LogP contribution is 2.27. The van der Waals surface area contributed by atoms with Gasteiger partial charge in [-0.2, -0.15) is 5.10 Å². The number of nitrogens with one attached hydrogen (secondary N) is 2. The number of aliphatic hydroxyl groups is 1. The summed E-state index contributed by atoms with van der Waals surface area (Å²) in [6, 6.07) is 9.34. The molecule has 0 saturated heterocycles. The van der Waals surface area contributed by atoms with Crippen LogP contribution in [0.15, 0.2) is 66.1 Å². The topological polar surface area (TPSA) is 123 Å². The molecule has 3 N–H and O–H groups in total. The molecule has 0 fully saturated rings. The molecule has 0 aliphatic rings. The molecule has 172 valence electrons. The van der Waals surface area contributed by atoms with Crippen molar-refractivity contribution in [1.29, 1.82) is 0 Å². The summed E-state index contributed by atoms with van der Waals surface area (Å²) >= 11 is 0. The van der Waals surface area contributed by atoms with Crippen molar-refractivity contribution in [3.63, 3.8) is 0 Å². The summed E-state index contributed by atoms with van der Waals surface area (Å²) in [6.45, 7) is 0.0545. The second kappa shape index (κ2) is 8.79. The summed E-state index contributed by atoms with van der Waals surface area (Å²) in [5.74, 6) is 1.40. The van der Waals surface area contributed by atoms with Crippen molar-refractivity contribution in [2.45, 2.75) is 6.54 Å². The van der Waals surface area contributed by atoms with Crippen LogP contribution >= 0.6 is 0 Å². The molecule has 0 aliphatic heterocycles. The van der Waals surface area contributed by atoms with Gasteiger partial charge in [-0.05, 0) is 35.7 Å². The van der Waals surface area contributed by atoms with Gasteiger partial charge in [0, 0.05) is 41.8 Å². The highest BCUT2D eigenvalue weighted by molar-refractivity contribution is 5.95. The Morgan fingerprint density at radius 2 is 2.03 bits per heavy atom. The number of hydrogen-bond acceptors (Lipinski definition) is 8. The Balaban J connectivity index is 1.62. The SMILES string of the molecule is CO[n+]1ccnc(Nc2cc3ccn(CCO)c(=O)c3c(Nc3ccc4nn(C)cc4c3)n2)c1. The third-order valence-corrected chi connectivity index (χ3v) is 5.32. The number of benzene rings is 1. The number of aromatic nitrogens is 6. The lowest BCUT2D eigenvalue weighted by molar-refractivity contribution is -0.885. The lowest BCUT2D eigenvalue weighted by Crippen LogP contribution is -2.39. The summed E-state index contributed by atoms with van der Waals surface area (Å²) in [7, 11) is 3.42. The highest BCUT2D eigenvalue weighted by Gasteiger charge is 2.14. The van der Waals surface area contributed by atoms with E-state index in [1.54, 1.807) is 42.6 Å². The van der Waals surface area contributed by atoms with Gasteiger partial charge in [0.1, 0.15) is 18.7 Å². The zero-order valence-electron chi connectivity index (χ0n) is 18.6. The van der Waals surface area contributed by atoms with Crippen LogP contribution < -0.4 is 25.8 Å². The lowest BCUT2D eigenvalue weighted by Gasteiger charge is -2.13. The first-order chi connectivity index (χ1) is 16.5. The second-order valence-electron chi connectivity index (χ2n) is 7.67. The minimum Gasteiger partial charge on any atom is -0.395 e. The van der Waals surface area contributed by atoms with Crippen LogP contribution in [0.5, 0.6) is 0 Å². The van der Waals surface area contributed by atoms with Gasteiger partial charge in [0.15, 0.2) is 0 Å². The number of aliphatic hydroxyl groups excluding tert-OH is 1. The molecule has 0 amide bonds. The molecule has 0 atom stereocenters. The Morgan fingerprint density at radius 1 is 1.15 bits per heavy atom. The van der Waals surface area contributed by atoms with Gasteiger partial charge in [-0.3, -0.25) is 14.3 Å². The van der Waals surface area contributed by atoms with E-state index in [9.17, 15) is 9.90 Å². The molecule has 0 spiro atoms. The van der Waals surface area contributed by atoms with Gasteiger partial charge >= 0.3 is 0 Å². The van der Waals surface area contributed by atoms with Crippen molar-refractivity contribution in [1.82, 2.24) is 24.3 Å². The normalized spacial score (nSPS) is 11.1. The predicted octanol–water partition coefficient (Wildman–Crippen LogP) is 1.50. The van der Waals surface area contributed by atoms with Crippen LogP contribution in [0.25, 0.3) is 21.7 Å². The Hall–Kier alpha value is -4.51. The fourth-order valence-electron chi connectivity index (χ4n) is 3.79. The Morgan fingerprint density at radius 3 is 2.85 bits per heavy atom. The maximum absolute atomic E-state index is 13.2. The maximum Gasteiger partial charge on any atom is 0.264 e. The first-order valence-electron chi connectivity index (χ1n) is 10.6. The van der Waals surface area contributed by atoms with Gasteiger partial charge in [-0.1, -0.05) is 0 Å². The van der Waals surface area contributed by atoms with E-state index >= 15 is 0 Å². The summed E-state index contributed by atoms with van der Waals surface area (Å²) < 4.78 is 4.72. The number of aryl methyl sites for hydroxylation is 1. The Kier molecular flexibility index (Phi) is 5.52. The largest absolute Gasteiger partial charge is 0.395 e. The summed E-state index contributed by atoms with van der Waals surface area (Å²) in [4.78, 5) is 27.4. The number of anilines is 4. The molecular formula is C23H23N8O3+. The van der Waals surface area contributed by atoms with Crippen LogP contribution in [0.3, 0.4) is 0 Å². The molecular weight excluding hydrogens is 436 g/mol. The number of nitrogens with zero attached hydrogens (tertiary/aromatic N) is 6. The fourth-order valence-corrected chi connectivity index (χ4v) is 3.79. The minimum atomic E-state index is -0.245. The van der Waals surface area contributed by atoms with Gasteiger partial charge in [-0.25, -0.2) is 9.97 Å². The first kappa shape index (κ1) is 21.3. The van der Waals surface area contributed by atoms with Crippen LogP contribution in [0, 0.1) is 0 Å². The van der Waals surface area contributed by atoms with E-state index < -0.39 is 0 Å². The highest BCUT2D eigenvalue weighted by atomic mass is 16.6. The maximum atomic E-state index is 13.2. The van der Waals surface area contributed by atoms with E-state index in [2.05, 4.69) is 25.7 Å². The molecule has 0 unspecified atom stereocenters. The number of hydrogen-bond donors (Lipinski definition) is 3. The average molecular weight is 459 g/mol. The van der Waals surface area contributed by atoms with Crippen molar-refractivity contribution in [3.8, 4) is 0 Å². The van der Waals surface area contributed by atoms with E-state index in [1.807, 2.05) is 37.5 Å². The third-order valence-electron chi connectivity index (χ3n) is 5.32. The van der Waals surface area contributed by atoms with Crippen molar-refractivity contribution < 1.29 is 14.7 Å². The smallest absolute Gasteiger partial charge is 0.264 e. The van der Waals surface area contributed by atoms with E-state index in [0.29, 0.717) is 28.2 Å². The standard InChI is InChI=1S/C23H22N8O3/c1-29-13-16-11-17(3-4-18(16)28-29)25-22-21-15(5-7-30(9-10-32)23(21)33)12-19(27-22)26-20-14-31(34-2)8-6-24-20/h3-8,11-14,32H,9-10H2,1-2H3,(H-,24,25,26,27,33)/p+1. The van der Waals surface area contributed by atoms with E-state index in [-0.39, 0.29) is 18.7 Å². The second-order valence-corrected chi connectivity index (χ2v) is 7.67. The van der Waals surface area contributed by atoms with Crippen LogP contribution in [0.2, 0.25) is 0 Å². The number of rotatable bonds is 7. The van der Waals surface area contributed by atoms with Crippen LogP contribution in [0.1, 0.15) is 0 Å². The van der Waals surface area contributed by atoms with Crippen LogP contribution in [-0.2, 0) is 13.6 Å². The van der Waals surface area contributed by atoms with Crippen LogP contribution in [-0.4, -0.2) is 43.1 Å². The zero-order valence-corrected chi connectivity index (χ0v) is 18.6. The molecule has 5 aromatic rings. The molecule has 4 heterocycles. The molecule has 0 radical (unpaired) electrons. The predicted molar refractivity (Wildman–Crippen MR) is 127 cm³/mol. The molecule has 1 aromatic carbocycles. The molecule has 0 bridgehead atoms. The average Bonchev–Trinajstić information content (AvgIpc) is 3.20. The minimum absolute atomic E-state index is 0.141. The van der Waals surface area contributed by atoms with Crippen molar-refractivity contribution in [2.24, 2.45) is 7.05 Å². The quantitative estimate of drug-likeness (QED) is 0.313. The van der Waals surface area contributed by atoms with Gasteiger partial charge in [-0.15, -0.1) is 0 Å². The van der Waals surface area contributed by atoms with E-state index in [0.717, 1.165) is 16.6 Å². The summed E-state index contributed by atoms with van der Waals surface area (Å²) in [6.07, 6.45) is 8.53. The van der Waals surface area contributed by atoms with Crippen molar-refractivity contribution in [2.75, 3.05) is 24.4 Å². The monoisotopic (exact) mass is 459 g/mol. The number of fused-ring (bicyclic) bond motifs is 2. The number of pyridine rings is 2. The van der Waals surface area contributed by atoms with Crippen LogP contribution in [0.4, 0.5) is 23.1 Å². The van der Waals surface area contributed by atoms with Gasteiger partial charge in [0.25, 0.3) is 11.8 Å². The third kappa shape index (κ3) is 4.11. The van der Waals surface area contributed by atoms with Crippen molar-refractivity contribution in [3.05, 3.63) is 71.7 Å². The molecule has 4 aromatic heterocycles. The Labute approximate surface area is 193 Å².